The molecule has 1 aliphatic carbocycles. The minimum Gasteiger partial charge on any atom is -0.379 e. The molecule has 3 N–H and O–H groups in total. The number of ether oxygens (including phenoxy) is 1. The molecule has 28 heavy (non-hydrogen) atoms. The number of urea groups is 1. The van der Waals surface area contributed by atoms with Crippen molar-refractivity contribution < 1.29 is 14.3 Å². The summed E-state index contributed by atoms with van der Waals surface area (Å²) in [6.07, 6.45) is 1.98. The van der Waals surface area contributed by atoms with Crippen LogP contribution in [0.25, 0.3) is 0 Å². The quantitative estimate of drug-likeness (QED) is 0.670. The van der Waals surface area contributed by atoms with E-state index in [4.69, 9.17) is 4.74 Å². The van der Waals surface area contributed by atoms with Crippen molar-refractivity contribution in [2.24, 2.45) is 5.92 Å². The van der Waals surface area contributed by atoms with Crippen LogP contribution in [0.15, 0.2) is 24.3 Å². The van der Waals surface area contributed by atoms with Crippen molar-refractivity contribution in [3.63, 3.8) is 0 Å². The molecule has 7 heteroatoms. The number of nitrogens with one attached hydrogen (secondary N) is 3. The Labute approximate surface area is 167 Å². The third-order valence-electron chi connectivity index (χ3n) is 5.52. The van der Waals surface area contributed by atoms with Crippen LogP contribution in [-0.4, -0.2) is 55.2 Å². The Morgan fingerprint density at radius 1 is 1.18 bits per heavy atom. The Bertz CT molecular complexity index is 679. The maximum Gasteiger partial charge on any atom is 0.315 e. The highest BCUT2D eigenvalue weighted by Crippen LogP contribution is 2.30. The van der Waals surface area contributed by atoms with Gasteiger partial charge in [-0.15, -0.1) is 0 Å². The van der Waals surface area contributed by atoms with Gasteiger partial charge in [-0.3, -0.25) is 9.69 Å². The summed E-state index contributed by atoms with van der Waals surface area (Å²) in [6.45, 7) is 10.0. The average Bonchev–Trinajstić information content (AvgIpc) is 3.53. The molecule has 2 aliphatic rings. The zero-order valence-corrected chi connectivity index (χ0v) is 17.1. The Morgan fingerprint density at radius 2 is 1.82 bits per heavy atom. The molecule has 1 saturated carbocycles. The lowest BCUT2D eigenvalue weighted by Gasteiger charge is -2.40. The second-order valence-corrected chi connectivity index (χ2v) is 8.35. The van der Waals surface area contributed by atoms with E-state index in [1.54, 1.807) is 0 Å². The number of hydrogen-bond acceptors (Lipinski definition) is 4. The molecule has 154 valence electrons. The van der Waals surface area contributed by atoms with Gasteiger partial charge in [0.2, 0.25) is 5.91 Å². The summed E-state index contributed by atoms with van der Waals surface area (Å²) >= 11 is 0. The largest absolute Gasteiger partial charge is 0.379 e. The molecule has 1 heterocycles. The highest BCUT2D eigenvalue weighted by molar-refractivity contribution is 5.94. The molecule has 2 fully saturated rings. The summed E-state index contributed by atoms with van der Waals surface area (Å²) in [4.78, 5) is 26.5. The third-order valence-corrected chi connectivity index (χ3v) is 5.52. The Hall–Kier alpha value is -2.12. The van der Waals surface area contributed by atoms with E-state index in [9.17, 15) is 9.59 Å². The number of carbonyl (C=O) groups is 2. The van der Waals surface area contributed by atoms with Crippen molar-refractivity contribution in [3.05, 3.63) is 29.8 Å². The molecule has 3 rings (SSSR count). The van der Waals surface area contributed by atoms with Gasteiger partial charge in [-0.25, -0.2) is 4.79 Å². The summed E-state index contributed by atoms with van der Waals surface area (Å²) in [7, 11) is 0. The smallest absolute Gasteiger partial charge is 0.315 e. The van der Waals surface area contributed by atoms with Crippen molar-refractivity contribution in [1.82, 2.24) is 15.5 Å². The molecule has 0 aromatic heterocycles. The van der Waals surface area contributed by atoms with Crippen molar-refractivity contribution in [2.45, 2.75) is 45.2 Å². The van der Waals surface area contributed by atoms with E-state index >= 15 is 0 Å². The van der Waals surface area contributed by atoms with Gasteiger partial charge in [0.15, 0.2) is 0 Å². The van der Waals surface area contributed by atoms with Gasteiger partial charge in [0.1, 0.15) is 0 Å². The van der Waals surface area contributed by atoms with Crippen LogP contribution in [0.3, 0.4) is 0 Å². The second kappa shape index (κ2) is 8.92. The molecule has 0 radical (unpaired) electrons. The predicted molar refractivity (Wildman–Crippen MR) is 109 cm³/mol. The van der Waals surface area contributed by atoms with Gasteiger partial charge in [0.25, 0.3) is 0 Å². The van der Waals surface area contributed by atoms with E-state index in [2.05, 4.69) is 34.7 Å². The molecule has 1 saturated heterocycles. The summed E-state index contributed by atoms with van der Waals surface area (Å²) in [5.41, 5.74) is 1.67. The van der Waals surface area contributed by atoms with Crippen LogP contribution in [0.5, 0.6) is 0 Å². The third kappa shape index (κ3) is 5.69. The summed E-state index contributed by atoms with van der Waals surface area (Å²) < 4.78 is 5.40. The van der Waals surface area contributed by atoms with Crippen molar-refractivity contribution >= 4 is 17.6 Å². The first-order chi connectivity index (χ1) is 13.3. The number of carbonyl (C=O) groups excluding carboxylic acids is 2. The lowest BCUT2D eigenvalue weighted by Crippen LogP contribution is -2.56. The average molecular weight is 389 g/mol. The number of anilines is 1. The topological polar surface area (TPSA) is 82.7 Å². The normalized spacial score (nSPS) is 19.0. The molecular formula is C21H32N4O3. The van der Waals surface area contributed by atoms with Crippen LogP contribution >= 0.6 is 0 Å². The lowest BCUT2D eigenvalue weighted by atomic mass is 10.0. The number of morpholine rings is 1. The Morgan fingerprint density at radius 3 is 2.43 bits per heavy atom. The molecule has 1 atom stereocenters. The van der Waals surface area contributed by atoms with Crippen molar-refractivity contribution in [1.29, 1.82) is 0 Å². The highest BCUT2D eigenvalue weighted by Gasteiger charge is 2.30. The Kier molecular flexibility index (Phi) is 6.57. The van der Waals surface area contributed by atoms with Crippen molar-refractivity contribution in [3.8, 4) is 0 Å². The molecule has 7 nitrogen and oxygen atoms in total. The second-order valence-electron chi connectivity index (χ2n) is 8.35. The van der Waals surface area contributed by atoms with Gasteiger partial charge in [-0.05, 0) is 51.3 Å². The summed E-state index contributed by atoms with van der Waals surface area (Å²) in [5, 5.41) is 8.89. The Balaban J connectivity index is 1.44. The fourth-order valence-electron chi connectivity index (χ4n) is 3.35. The number of amides is 3. The molecule has 0 unspecified atom stereocenters. The summed E-state index contributed by atoms with van der Waals surface area (Å²) in [5.74, 6) is 0.284. The zero-order valence-electron chi connectivity index (χ0n) is 17.1. The van der Waals surface area contributed by atoms with E-state index in [-0.39, 0.29) is 29.4 Å². The molecule has 1 aliphatic heterocycles. The zero-order chi connectivity index (χ0) is 20.1. The van der Waals surface area contributed by atoms with Gasteiger partial charge in [-0.1, -0.05) is 12.1 Å². The number of nitrogens with zero attached hydrogens (tertiary/aromatic N) is 1. The highest BCUT2D eigenvalue weighted by atomic mass is 16.5. The van der Waals surface area contributed by atoms with Gasteiger partial charge in [-0.2, -0.15) is 0 Å². The maximum atomic E-state index is 12.3. The van der Waals surface area contributed by atoms with E-state index in [1.807, 2.05) is 31.2 Å². The van der Waals surface area contributed by atoms with Crippen LogP contribution in [0, 0.1) is 5.92 Å². The molecule has 3 amide bonds. The first kappa shape index (κ1) is 20.6. The monoisotopic (exact) mass is 388 g/mol. The van der Waals surface area contributed by atoms with Gasteiger partial charge < -0.3 is 20.7 Å². The van der Waals surface area contributed by atoms with Crippen LogP contribution < -0.4 is 16.0 Å². The molecular weight excluding hydrogens is 356 g/mol. The minimum absolute atomic E-state index is 0.0983. The number of rotatable bonds is 7. The van der Waals surface area contributed by atoms with E-state index < -0.39 is 0 Å². The summed E-state index contributed by atoms with van der Waals surface area (Å²) in [6, 6.07) is 7.33. The fourth-order valence-corrected chi connectivity index (χ4v) is 3.35. The standard InChI is InChI=1S/C21H32N4O3/c1-15(16-6-8-18(9-7-16)24-19(26)17-4-5-17)23-20(27)22-14-21(2,3)25-10-12-28-13-11-25/h6-9,15,17H,4-5,10-14H2,1-3H3,(H,24,26)(H2,22,23,27)/t15-/m1/s1. The van der Waals surface area contributed by atoms with Crippen LogP contribution in [0.4, 0.5) is 10.5 Å². The number of benzene rings is 1. The SMILES string of the molecule is C[C@@H](NC(=O)NCC(C)(C)N1CCOCC1)c1ccc(NC(=O)C2CC2)cc1. The fraction of sp³-hybridized carbons (Fsp3) is 0.619. The molecule has 1 aromatic carbocycles. The predicted octanol–water partition coefficient (Wildman–Crippen LogP) is 2.51. The van der Waals surface area contributed by atoms with E-state index in [1.165, 1.54) is 0 Å². The first-order valence-electron chi connectivity index (χ1n) is 10.1. The van der Waals surface area contributed by atoms with Crippen LogP contribution in [0.1, 0.15) is 45.2 Å². The minimum atomic E-state index is -0.181. The van der Waals surface area contributed by atoms with Crippen LogP contribution in [0.2, 0.25) is 0 Å². The van der Waals surface area contributed by atoms with Crippen LogP contribution in [-0.2, 0) is 9.53 Å². The van der Waals surface area contributed by atoms with Crippen molar-refractivity contribution in [2.75, 3.05) is 38.2 Å². The first-order valence-corrected chi connectivity index (χ1v) is 10.1. The molecule has 1 aromatic rings. The lowest BCUT2D eigenvalue weighted by molar-refractivity contribution is -0.117. The van der Waals surface area contributed by atoms with Gasteiger partial charge >= 0.3 is 6.03 Å². The molecule has 0 spiro atoms. The van der Waals surface area contributed by atoms with E-state index in [0.29, 0.717) is 6.54 Å². The van der Waals surface area contributed by atoms with Gasteiger partial charge in [0, 0.05) is 36.8 Å². The molecule has 0 bridgehead atoms. The van der Waals surface area contributed by atoms with E-state index in [0.717, 1.165) is 50.4 Å². The number of hydrogen-bond donors (Lipinski definition) is 3. The maximum absolute atomic E-state index is 12.3. The van der Waals surface area contributed by atoms with Gasteiger partial charge in [0.05, 0.1) is 19.3 Å².